The number of nitrogens with zero attached hydrogens (tertiary/aromatic N) is 4. The predicted molar refractivity (Wildman–Crippen MR) is 112 cm³/mol. The Bertz CT molecular complexity index is 981. The second-order valence-electron chi connectivity index (χ2n) is 6.75. The molecule has 2 N–H and O–H groups in total. The summed E-state index contributed by atoms with van der Waals surface area (Å²) in [4.78, 5) is 12.1. The van der Waals surface area contributed by atoms with E-state index in [-0.39, 0.29) is 12.3 Å². The van der Waals surface area contributed by atoms with E-state index in [1.807, 2.05) is 57.2 Å². The summed E-state index contributed by atoms with van der Waals surface area (Å²) in [6, 6.07) is 11.2. The summed E-state index contributed by atoms with van der Waals surface area (Å²) >= 11 is 0. The third-order valence-electron chi connectivity index (χ3n) is 4.82. The lowest BCUT2D eigenvalue weighted by Gasteiger charge is -2.10. The van der Waals surface area contributed by atoms with Crippen molar-refractivity contribution >= 4 is 11.7 Å². The molecule has 1 aromatic carbocycles. The highest BCUT2D eigenvalue weighted by molar-refractivity contribution is 5.79. The van der Waals surface area contributed by atoms with Gasteiger partial charge in [0.1, 0.15) is 11.6 Å². The minimum absolute atomic E-state index is 0.0578. The van der Waals surface area contributed by atoms with Crippen LogP contribution in [0.2, 0.25) is 0 Å². The molecular weight excluding hydrogens is 368 g/mol. The lowest BCUT2D eigenvalue weighted by atomic mass is 10.1. The van der Waals surface area contributed by atoms with Crippen molar-refractivity contribution in [1.29, 1.82) is 0 Å². The minimum atomic E-state index is -0.0578. The van der Waals surface area contributed by atoms with Crippen LogP contribution in [0.5, 0.6) is 5.75 Å². The SMILES string of the molecule is COc1ccccc1CC(=O)NCCNc1ccc(-n2nc(C)c(C)c2C)nn1. The Morgan fingerprint density at radius 2 is 1.86 bits per heavy atom. The molecule has 0 radical (unpaired) electrons. The molecule has 0 unspecified atom stereocenters. The van der Waals surface area contributed by atoms with E-state index in [2.05, 4.69) is 25.9 Å². The van der Waals surface area contributed by atoms with Crippen LogP contribution >= 0.6 is 0 Å². The van der Waals surface area contributed by atoms with Gasteiger partial charge in [0.05, 0.1) is 19.2 Å². The minimum Gasteiger partial charge on any atom is -0.496 e. The average molecular weight is 394 g/mol. The summed E-state index contributed by atoms with van der Waals surface area (Å²) in [5.41, 5.74) is 4.05. The van der Waals surface area contributed by atoms with Gasteiger partial charge in [-0.25, -0.2) is 4.68 Å². The number of aryl methyl sites for hydroxylation is 1. The first kappa shape index (κ1) is 20.3. The van der Waals surface area contributed by atoms with Crippen molar-refractivity contribution in [2.75, 3.05) is 25.5 Å². The van der Waals surface area contributed by atoms with Gasteiger partial charge in [-0.3, -0.25) is 4.79 Å². The van der Waals surface area contributed by atoms with E-state index in [9.17, 15) is 4.79 Å². The summed E-state index contributed by atoms with van der Waals surface area (Å²) in [5, 5.41) is 19.0. The van der Waals surface area contributed by atoms with E-state index in [4.69, 9.17) is 4.74 Å². The van der Waals surface area contributed by atoms with Gasteiger partial charge in [0.25, 0.3) is 0 Å². The fraction of sp³-hybridized carbons (Fsp3) is 0.333. The molecule has 8 heteroatoms. The van der Waals surface area contributed by atoms with Gasteiger partial charge in [0, 0.05) is 24.3 Å². The maximum Gasteiger partial charge on any atom is 0.224 e. The third kappa shape index (κ3) is 4.90. The smallest absolute Gasteiger partial charge is 0.224 e. The Hall–Kier alpha value is -3.42. The summed E-state index contributed by atoms with van der Waals surface area (Å²) < 4.78 is 7.06. The fourth-order valence-corrected chi connectivity index (χ4v) is 2.95. The van der Waals surface area contributed by atoms with E-state index in [1.54, 1.807) is 11.8 Å². The van der Waals surface area contributed by atoms with Gasteiger partial charge in [-0.15, -0.1) is 10.2 Å². The molecule has 0 aliphatic carbocycles. The van der Waals surface area contributed by atoms with Crippen LogP contribution in [-0.4, -0.2) is 46.1 Å². The number of para-hydroxylation sites is 1. The molecule has 0 bridgehead atoms. The van der Waals surface area contributed by atoms with Crippen molar-refractivity contribution in [2.24, 2.45) is 0 Å². The topological polar surface area (TPSA) is 94.0 Å². The molecule has 0 aliphatic rings. The van der Waals surface area contributed by atoms with Crippen molar-refractivity contribution in [3.8, 4) is 11.6 Å². The molecular formula is C21H26N6O2. The van der Waals surface area contributed by atoms with Gasteiger partial charge in [-0.2, -0.15) is 5.10 Å². The number of nitrogens with one attached hydrogen (secondary N) is 2. The molecule has 3 rings (SSSR count). The summed E-state index contributed by atoms with van der Waals surface area (Å²) in [5.74, 6) is 1.98. The molecule has 0 spiro atoms. The summed E-state index contributed by atoms with van der Waals surface area (Å²) in [6.45, 7) is 7.06. The zero-order valence-electron chi connectivity index (χ0n) is 17.2. The van der Waals surface area contributed by atoms with Gasteiger partial charge in [-0.05, 0) is 44.5 Å². The lowest BCUT2D eigenvalue weighted by molar-refractivity contribution is -0.120. The fourth-order valence-electron chi connectivity index (χ4n) is 2.95. The van der Waals surface area contributed by atoms with Crippen LogP contribution in [0.4, 0.5) is 5.82 Å². The number of carbonyl (C=O) groups excluding carboxylic acids is 1. The zero-order chi connectivity index (χ0) is 20.8. The van der Waals surface area contributed by atoms with E-state index in [0.717, 1.165) is 22.5 Å². The number of carbonyl (C=O) groups is 1. The number of anilines is 1. The zero-order valence-corrected chi connectivity index (χ0v) is 17.2. The van der Waals surface area contributed by atoms with Crippen molar-refractivity contribution in [3.63, 3.8) is 0 Å². The Kier molecular flexibility index (Phi) is 6.43. The van der Waals surface area contributed by atoms with Crippen LogP contribution in [0.3, 0.4) is 0 Å². The second kappa shape index (κ2) is 9.18. The molecule has 0 saturated heterocycles. The van der Waals surface area contributed by atoms with Crippen LogP contribution in [0, 0.1) is 20.8 Å². The molecule has 0 aliphatic heterocycles. The van der Waals surface area contributed by atoms with Gasteiger partial charge in [0.15, 0.2) is 5.82 Å². The molecule has 2 heterocycles. The van der Waals surface area contributed by atoms with Crippen molar-refractivity contribution in [1.82, 2.24) is 25.3 Å². The number of amides is 1. The van der Waals surface area contributed by atoms with Gasteiger partial charge in [0.2, 0.25) is 5.91 Å². The number of ether oxygens (including phenoxy) is 1. The molecule has 0 atom stereocenters. The Balaban J connectivity index is 1.47. The molecule has 0 saturated carbocycles. The van der Waals surface area contributed by atoms with Gasteiger partial charge >= 0.3 is 0 Å². The summed E-state index contributed by atoms with van der Waals surface area (Å²) in [6.07, 6.45) is 0.278. The number of rotatable bonds is 8. The van der Waals surface area contributed by atoms with E-state index < -0.39 is 0 Å². The molecule has 152 valence electrons. The Labute approximate surface area is 170 Å². The van der Waals surface area contributed by atoms with E-state index >= 15 is 0 Å². The van der Waals surface area contributed by atoms with Crippen molar-refractivity contribution in [3.05, 3.63) is 58.9 Å². The van der Waals surface area contributed by atoms with Gasteiger partial charge in [-0.1, -0.05) is 18.2 Å². The first-order valence-corrected chi connectivity index (χ1v) is 9.49. The van der Waals surface area contributed by atoms with Crippen LogP contribution in [-0.2, 0) is 11.2 Å². The largest absolute Gasteiger partial charge is 0.496 e. The van der Waals surface area contributed by atoms with E-state index in [0.29, 0.717) is 30.5 Å². The lowest BCUT2D eigenvalue weighted by Crippen LogP contribution is -2.30. The van der Waals surface area contributed by atoms with Crippen molar-refractivity contribution < 1.29 is 9.53 Å². The molecule has 0 fully saturated rings. The maximum atomic E-state index is 12.1. The number of hydrogen-bond acceptors (Lipinski definition) is 6. The highest BCUT2D eigenvalue weighted by Gasteiger charge is 2.10. The Morgan fingerprint density at radius 1 is 1.07 bits per heavy atom. The maximum absolute atomic E-state index is 12.1. The standard InChI is InChI=1S/C21H26N6O2/c1-14-15(2)26-27(16(14)3)20-10-9-19(24-25-20)22-11-12-23-21(28)13-17-7-5-6-8-18(17)29-4/h5-10H,11-13H2,1-4H3,(H,22,24)(H,23,28). The second-order valence-corrected chi connectivity index (χ2v) is 6.75. The monoisotopic (exact) mass is 394 g/mol. The Morgan fingerprint density at radius 3 is 2.52 bits per heavy atom. The highest BCUT2D eigenvalue weighted by Crippen LogP contribution is 2.17. The predicted octanol–water partition coefficient (Wildman–Crippen LogP) is 2.37. The quantitative estimate of drug-likeness (QED) is 0.570. The molecule has 3 aromatic rings. The molecule has 1 amide bonds. The third-order valence-corrected chi connectivity index (χ3v) is 4.82. The number of methoxy groups -OCH3 is 1. The van der Waals surface area contributed by atoms with Crippen LogP contribution in [0.25, 0.3) is 5.82 Å². The molecule has 2 aromatic heterocycles. The summed E-state index contributed by atoms with van der Waals surface area (Å²) in [7, 11) is 1.60. The average Bonchev–Trinajstić information content (AvgIpc) is 2.99. The van der Waals surface area contributed by atoms with Crippen molar-refractivity contribution in [2.45, 2.75) is 27.2 Å². The van der Waals surface area contributed by atoms with E-state index in [1.165, 1.54) is 0 Å². The van der Waals surface area contributed by atoms with Gasteiger partial charge < -0.3 is 15.4 Å². The first-order valence-electron chi connectivity index (χ1n) is 9.49. The number of benzene rings is 1. The first-order chi connectivity index (χ1) is 14.0. The highest BCUT2D eigenvalue weighted by atomic mass is 16.5. The van der Waals surface area contributed by atoms with Crippen LogP contribution < -0.4 is 15.4 Å². The molecule has 29 heavy (non-hydrogen) atoms. The van der Waals surface area contributed by atoms with Crippen LogP contribution in [0.15, 0.2) is 36.4 Å². The van der Waals surface area contributed by atoms with Crippen LogP contribution in [0.1, 0.15) is 22.5 Å². The molecule has 8 nitrogen and oxygen atoms in total. The number of hydrogen-bond donors (Lipinski definition) is 2. The number of aromatic nitrogens is 4. The normalized spacial score (nSPS) is 10.6.